The van der Waals surface area contributed by atoms with Crippen LogP contribution in [0.25, 0.3) is 0 Å². The first-order valence-corrected chi connectivity index (χ1v) is 7.03. The Balaban J connectivity index is 1.59. The van der Waals surface area contributed by atoms with Gasteiger partial charge in [-0.15, -0.1) is 0 Å². The van der Waals surface area contributed by atoms with E-state index in [0.29, 0.717) is 0 Å². The van der Waals surface area contributed by atoms with Crippen LogP contribution in [0.4, 0.5) is 0 Å². The number of nitrogens with one attached hydrogen (secondary N) is 1. The largest absolute Gasteiger partial charge is 0.314 e. The zero-order valence-electron chi connectivity index (χ0n) is 10.5. The van der Waals surface area contributed by atoms with E-state index in [0.717, 1.165) is 23.8 Å². The van der Waals surface area contributed by atoms with Crippen molar-refractivity contribution >= 4 is 0 Å². The fraction of sp³-hybridized carbons (Fsp3) is 1.00. The normalized spacial score (nSPS) is 34.0. The van der Waals surface area contributed by atoms with Crippen LogP contribution < -0.4 is 5.32 Å². The molecule has 2 aliphatic carbocycles. The molecule has 2 saturated carbocycles. The van der Waals surface area contributed by atoms with Crippen molar-refractivity contribution in [2.75, 3.05) is 6.54 Å². The molecular weight excluding hydrogens is 182 g/mol. The summed E-state index contributed by atoms with van der Waals surface area (Å²) in [6, 6.07) is 0.842. The van der Waals surface area contributed by atoms with Gasteiger partial charge in [0.25, 0.3) is 0 Å². The van der Waals surface area contributed by atoms with E-state index in [-0.39, 0.29) is 0 Å². The molecule has 0 spiro atoms. The van der Waals surface area contributed by atoms with E-state index < -0.39 is 0 Å². The van der Waals surface area contributed by atoms with Crippen LogP contribution in [0.1, 0.15) is 58.8 Å². The van der Waals surface area contributed by atoms with Gasteiger partial charge in [0.15, 0.2) is 0 Å². The van der Waals surface area contributed by atoms with Crippen LogP contribution in [-0.4, -0.2) is 12.6 Å². The lowest BCUT2D eigenvalue weighted by atomic mass is 9.84. The van der Waals surface area contributed by atoms with Crippen molar-refractivity contribution in [3.63, 3.8) is 0 Å². The predicted octanol–water partition coefficient (Wildman–Crippen LogP) is 3.59. The molecule has 2 fully saturated rings. The van der Waals surface area contributed by atoms with Crippen LogP contribution in [0.3, 0.4) is 0 Å². The minimum Gasteiger partial charge on any atom is -0.314 e. The van der Waals surface area contributed by atoms with Gasteiger partial charge in [-0.25, -0.2) is 0 Å². The predicted molar refractivity (Wildman–Crippen MR) is 65.9 cm³/mol. The maximum atomic E-state index is 3.79. The zero-order valence-corrected chi connectivity index (χ0v) is 10.5. The highest BCUT2D eigenvalue weighted by molar-refractivity contribution is 4.82. The summed E-state index contributed by atoms with van der Waals surface area (Å²) in [5.74, 6) is 3.02. The van der Waals surface area contributed by atoms with Crippen molar-refractivity contribution in [2.45, 2.75) is 64.8 Å². The summed E-state index contributed by atoms with van der Waals surface area (Å²) in [6.45, 7) is 6.03. The Bertz CT molecular complexity index is 178. The molecule has 0 radical (unpaired) electrons. The van der Waals surface area contributed by atoms with E-state index in [9.17, 15) is 0 Å². The Hall–Kier alpha value is -0.0400. The molecular formula is C14H27N. The lowest BCUT2D eigenvalue weighted by Gasteiger charge is -2.29. The van der Waals surface area contributed by atoms with Crippen LogP contribution in [0.15, 0.2) is 0 Å². The van der Waals surface area contributed by atoms with Gasteiger partial charge < -0.3 is 5.32 Å². The molecule has 0 aromatic heterocycles. The van der Waals surface area contributed by atoms with Gasteiger partial charge >= 0.3 is 0 Å². The van der Waals surface area contributed by atoms with Crippen LogP contribution in [0, 0.1) is 17.8 Å². The number of hydrogen-bond donors (Lipinski definition) is 1. The average Bonchev–Trinajstić information content (AvgIpc) is 3.10. The molecule has 0 bridgehead atoms. The minimum atomic E-state index is 0.842. The third kappa shape index (κ3) is 3.48. The Morgan fingerprint density at radius 1 is 1.07 bits per heavy atom. The number of hydrogen-bond acceptors (Lipinski definition) is 1. The Labute approximate surface area is 95.0 Å². The SMILES string of the molecule is CCC1CCC(NCC(C)C2CC2)CC1. The first-order chi connectivity index (χ1) is 7.29. The van der Waals surface area contributed by atoms with Crippen LogP contribution in [0.2, 0.25) is 0 Å². The second-order valence-electron chi connectivity index (χ2n) is 5.85. The standard InChI is InChI=1S/C14H27N/c1-3-12-4-8-14(9-5-12)15-10-11(2)13-6-7-13/h11-15H,3-10H2,1-2H3. The third-order valence-electron chi connectivity index (χ3n) is 4.58. The third-order valence-corrected chi connectivity index (χ3v) is 4.58. The Morgan fingerprint density at radius 3 is 2.27 bits per heavy atom. The molecule has 0 amide bonds. The van der Waals surface area contributed by atoms with Gasteiger partial charge in [-0.05, 0) is 62.8 Å². The molecule has 1 nitrogen and oxygen atoms in total. The summed E-state index contributed by atoms with van der Waals surface area (Å²) in [4.78, 5) is 0. The highest BCUT2D eigenvalue weighted by Gasteiger charge is 2.28. The summed E-state index contributed by atoms with van der Waals surface area (Å²) in [5.41, 5.74) is 0. The van der Waals surface area contributed by atoms with E-state index in [1.54, 1.807) is 0 Å². The number of rotatable bonds is 5. The van der Waals surface area contributed by atoms with E-state index in [2.05, 4.69) is 19.2 Å². The molecule has 1 unspecified atom stereocenters. The van der Waals surface area contributed by atoms with Crippen molar-refractivity contribution in [1.29, 1.82) is 0 Å². The molecule has 1 N–H and O–H groups in total. The maximum Gasteiger partial charge on any atom is 0.00673 e. The van der Waals surface area contributed by atoms with Gasteiger partial charge in [-0.2, -0.15) is 0 Å². The molecule has 0 aromatic carbocycles. The molecule has 15 heavy (non-hydrogen) atoms. The molecule has 0 aromatic rings. The van der Waals surface area contributed by atoms with Gasteiger partial charge in [0, 0.05) is 6.04 Å². The maximum absolute atomic E-state index is 3.79. The van der Waals surface area contributed by atoms with E-state index in [1.165, 1.54) is 51.5 Å². The van der Waals surface area contributed by atoms with Crippen molar-refractivity contribution < 1.29 is 0 Å². The molecule has 0 saturated heterocycles. The summed E-state index contributed by atoms with van der Waals surface area (Å²) in [7, 11) is 0. The van der Waals surface area contributed by atoms with Crippen molar-refractivity contribution in [2.24, 2.45) is 17.8 Å². The minimum absolute atomic E-state index is 0.842. The topological polar surface area (TPSA) is 12.0 Å². The van der Waals surface area contributed by atoms with Gasteiger partial charge in [-0.1, -0.05) is 20.3 Å². The summed E-state index contributed by atoms with van der Waals surface area (Å²) in [6.07, 6.45) is 10.2. The van der Waals surface area contributed by atoms with Gasteiger partial charge in [0.1, 0.15) is 0 Å². The first kappa shape index (κ1) is 11.4. The second-order valence-corrected chi connectivity index (χ2v) is 5.85. The van der Waals surface area contributed by atoms with Crippen molar-refractivity contribution in [3.8, 4) is 0 Å². The fourth-order valence-electron chi connectivity index (χ4n) is 2.96. The highest BCUT2D eigenvalue weighted by atomic mass is 14.9. The van der Waals surface area contributed by atoms with Gasteiger partial charge in [0.05, 0.1) is 0 Å². The van der Waals surface area contributed by atoms with Crippen LogP contribution in [-0.2, 0) is 0 Å². The van der Waals surface area contributed by atoms with Crippen molar-refractivity contribution in [1.82, 2.24) is 5.32 Å². The van der Waals surface area contributed by atoms with Gasteiger partial charge in [0.2, 0.25) is 0 Å². The quantitative estimate of drug-likeness (QED) is 0.729. The average molecular weight is 209 g/mol. The van der Waals surface area contributed by atoms with E-state index >= 15 is 0 Å². The van der Waals surface area contributed by atoms with Crippen LogP contribution >= 0.6 is 0 Å². The van der Waals surface area contributed by atoms with Gasteiger partial charge in [-0.3, -0.25) is 0 Å². The molecule has 1 heteroatoms. The smallest absolute Gasteiger partial charge is 0.00673 e. The fourth-order valence-corrected chi connectivity index (χ4v) is 2.96. The molecule has 2 rings (SSSR count). The molecule has 0 heterocycles. The lowest BCUT2D eigenvalue weighted by Crippen LogP contribution is -2.36. The monoisotopic (exact) mass is 209 g/mol. The highest BCUT2D eigenvalue weighted by Crippen LogP contribution is 2.36. The van der Waals surface area contributed by atoms with E-state index in [1.807, 2.05) is 0 Å². The Morgan fingerprint density at radius 2 is 1.73 bits per heavy atom. The Kier molecular flexibility index (Phi) is 4.07. The summed E-state index contributed by atoms with van der Waals surface area (Å²) in [5, 5.41) is 3.79. The molecule has 1 atom stereocenters. The zero-order chi connectivity index (χ0) is 10.7. The van der Waals surface area contributed by atoms with E-state index in [4.69, 9.17) is 0 Å². The second kappa shape index (κ2) is 5.34. The lowest BCUT2D eigenvalue weighted by molar-refractivity contribution is 0.275. The molecule has 88 valence electrons. The first-order valence-electron chi connectivity index (χ1n) is 7.03. The summed E-state index contributed by atoms with van der Waals surface area (Å²) >= 11 is 0. The molecule has 0 aliphatic heterocycles. The van der Waals surface area contributed by atoms with Crippen molar-refractivity contribution in [3.05, 3.63) is 0 Å². The summed E-state index contributed by atoms with van der Waals surface area (Å²) < 4.78 is 0. The van der Waals surface area contributed by atoms with Crippen LogP contribution in [0.5, 0.6) is 0 Å². The molecule has 2 aliphatic rings.